The zero-order valence-corrected chi connectivity index (χ0v) is 15.0. The van der Waals surface area contributed by atoms with Gasteiger partial charge in [0.15, 0.2) is 0 Å². The highest BCUT2D eigenvalue weighted by Crippen LogP contribution is 2.43. The summed E-state index contributed by atoms with van der Waals surface area (Å²) in [5.74, 6) is -0.000971. The van der Waals surface area contributed by atoms with Crippen LogP contribution in [0.5, 0.6) is 0 Å². The predicted octanol–water partition coefficient (Wildman–Crippen LogP) is 3.44. The first-order chi connectivity index (χ1) is 12.1. The van der Waals surface area contributed by atoms with E-state index in [0.29, 0.717) is 12.5 Å². The van der Waals surface area contributed by atoms with Gasteiger partial charge in [0.05, 0.1) is 11.8 Å². The first-order valence-corrected chi connectivity index (χ1v) is 9.86. The number of hydrogen-bond donors (Lipinski definition) is 1. The van der Waals surface area contributed by atoms with Crippen LogP contribution in [0.25, 0.3) is 0 Å². The van der Waals surface area contributed by atoms with Gasteiger partial charge in [0.25, 0.3) is 0 Å². The minimum atomic E-state index is -0.126. The average molecular weight is 340 g/mol. The molecule has 134 valence electrons. The SMILES string of the molecule is CC1Cc2ccccc2N1C(=O)C1CC1C(=O)NC1CCCCCC1. The van der Waals surface area contributed by atoms with Gasteiger partial charge in [0.2, 0.25) is 11.8 Å². The Balaban J connectivity index is 1.38. The zero-order valence-electron chi connectivity index (χ0n) is 15.0. The van der Waals surface area contributed by atoms with Crippen LogP contribution < -0.4 is 10.2 Å². The molecule has 0 bridgehead atoms. The van der Waals surface area contributed by atoms with Crippen LogP contribution in [0.4, 0.5) is 5.69 Å². The Hall–Kier alpha value is -1.84. The van der Waals surface area contributed by atoms with Crippen LogP contribution in [0.3, 0.4) is 0 Å². The lowest BCUT2D eigenvalue weighted by molar-refractivity contribution is -0.126. The molecule has 1 heterocycles. The van der Waals surface area contributed by atoms with Crippen molar-refractivity contribution >= 4 is 17.5 Å². The third kappa shape index (κ3) is 3.31. The monoisotopic (exact) mass is 340 g/mol. The predicted molar refractivity (Wildman–Crippen MR) is 98.3 cm³/mol. The van der Waals surface area contributed by atoms with Crippen molar-refractivity contribution in [1.29, 1.82) is 0 Å². The molecule has 2 aliphatic carbocycles. The first kappa shape index (κ1) is 16.6. The van der Waals surface area contributed by atoms with E-state index < -0.39 is 0 Å². The van der Waals surface area contributed by atoms with Crippen molar-refractivity contribution in [3.63, 3.8) is 0 Å². The fourth-order valence-electron chi connectivity index (χ4n) is 4.57. The summed E-state index contributed by atoms with van der Waals surface area (Å²) in [7, 11) is 0. The maximum atomic E-state index is 13.0. The third-order valence-corrected chi connectivity index (χ3v) is 6.09. The number of rotatable bonds is 3. The molecule has 1 aliphatic heterocycles. The van der Waals surface area contributed by atoms with Gasteiger partial charge in [0, 0.05) is 17.8 Å². The second-order valence-corrected chi connectivity index (χ2v) is 8.04. The number of anilines is 1. The van der Waals surface area contributed by atoms with Gasteiger partial charge >= 0.3 is 0 Å². The largest absolute Gasteiger partial charge is 0.353 e. The number of benzene rings is 1. The van der Waals surface area contributed by atoms with Crippen LogP contribution in [-0.4, -0.2) is 23.9 Å². The van der Waals surface area contributed by atoms with Crippen LogP contribution in [0.2, 0.25) is 0 Å². The molecule has 3 aliphatic rings. The number of carbonyl (C=O) groups excluding carboxylic acids is 2. The summed E-state index contributed by atoms with van der Waals surface area (Å²) in [6.07, 6.45) is 8.78. The Morgan fingerprint density at radius 2 is 1.76 bits per heavy atom. The van der Waals surface area contributed by atoms with Crippen molar-refractivity contribution in [3.8, 4) is 0 Å². The summed E-state index contributed by atoms with van der Waals surface area (Å²) >= 11 is 0. The average Bonchev–Trinajstić information content (AvgIpc) is 3.36. The maximum absolute atomic E-state index is 13.0. The van der Waals surface area contributed by atoms with Crippen LogP contribution in [-0.2, 0) is 16.0 Å². The van der Waals surface area contributed by atoms with Gasteiger partial charge in [-0.15, -0.1) is 0 Å². The number of carbonyl (C=O) groups is 2. The number of nitrogens with zero attached hydrogens (tertiary/aromatic N) is 1. The normalized spacial score (nSPS) is 29.0. The van der Waals surface area contributed by atoms with E-state index in [0.717, 1.165) is 24.9 Å². The fourth-order valence-corrected chi connectivity index (χ4v) is 4.57. The number of amides is 2. The van der Waals surface area contributed by atoms with Crippen molar-refractivity contribution in [2.24, 2.45) is 11.8 Å². The van der Waals surface area contributed by atoms with Gasteiger partial charge in [-0.1, -0.05) is 43.9 Å². The highest BCUT2D eigenvalue weighted by molar-refractivity contribution is 6.02. The van der Waals surface area contributed by atoms with E-state index in [-0.39, 0.29) is 29.7 Å². The zero-order chi connectivity index (χ0) is 17.4. The molecule has 2 saturated carbocycles. The minimum absolute atomic E-state index is 0.102. The standard InChI is InChI=1S/C21H28N2O2/c1-14-12-15-8-6-7-11-19(15)23(14)21(25)18-13-17(18)20(24)22-16-9-4-2-3-5-10-16/h6-8,11,14,16-18H,2-5,9-10,12-13H2,1H3,(H,22,24). The van der Waals surface area contributed by atoms with E-state index in [1.807, 2.05) is 23.1 Å². The van der Waals surface area contributed by atoms with Gasteiger partial charge in [0.1, 0.15) is 0 Å². The van der Waals surface area contributed by atoms with Crippen molar-refractivity contribution < 1.29 is 9.59 Å². The van der Waals surface area contributed by atoms with E-state index in [1.54, 1.807) is 0 Å². The Morgan fingerprint density at radius 3 is 2.52 bits per heavy atom. The third-order valence-electron chi connectivity index (χ3n) is 6.09. The molecule has 1 N–H and O–H groups in total. The second kappa shape index (κ2) is 6.81. The van der Waals surface area contributed by atoms with Crippen LogP contribution in [0.15, 0.2) is 24.3 Å². The Labute approximate surface area is 150 Å². The van der Waals surface area contributed by atoms with Crippen molar-refractivity contribution in [3.05, 3.63) is 29.8 Å². The summed E-state index contributed by atoms with van der Waals surface area (Å²) in [4.78, 5) is 27.5. The molecule has 2 amide bonds. The van der Waals surface area contributed by atoms with Crippen molar-refractivity contribution in [2.75, 3.05) is 4.90 Å². The number of para-hydroxylation sites is 1. The molecule has 0 aromatic heterocycles. The van der Waals surface area contributed by atoms with Gasteiger partial charge < -0.3 is 10.2 Å². The summed E-state index contributed by atoms with van der Waals surface area (Å²) in [5, 5.41) is 3.22. The smallest absolute Gasteiger partial charge is 0.231 e. The highest BCUT2D eigenvalue weighted by atomic mass is 16.2. The molecule has 0 saturated heterocycles. The summed E-state index contributed by atoms with van der Waals surface area (Å²) in [5.41, 5.74) is 2.28. The van der Waals surface area contributed by atoms with Crippen LogP contribution in [0.1, 0.15) is 57.4 Å². The minimum Gasteiger partial charge on any atom is -0.353 e. The summed E-state index contributed by atoms with van der Waals surface area (Å²) < 4.78 is 0. The molecule has 0 spiro atoms. The fraction of sp³-hybridized carbons (Fsp3) is 0.619. The number of fused-ring (bicyclic) bond motifs is 1. The molecule has 1 aromatic rings. The van der Waals surface area contributed by atoms with Gasteiger partial charge in [-0.2, -0.15) is 0 Å². The quantitative estimate of drug-likeness (QED) is 0.857. The molecular formula is C21H28N2O2. The van der Waals surface area contributed by atoms with Crippen LogP contribution in [0, 0.1) is 11.8 Å². The number of nitrogens with one attached hydrogen (secondary N) is 1. The van der Waals surface area contributed by atoms with Crippen molar-refractivity contribution in [1.82, 2.24) is 5.32 Å². The Kier molecular flexibility index (Phi) is 4.53. The van der Waals surface area contributed by atoms with Gasteiger partial charge in [-0.3, -0.25) is 9.59 Å². The first-order valence-electron chi connectivity index (χ1n) is 9.86. The van der Waals surface area contributed by atoms with E-state index in [4.69, 9.17) is 0 Å². The summed E-state index contributed by atoms with van der Waals surface area (Å²) in [6, 6.07) is 8.65. The number of hydrogen-bond acceptors (Lipinski definition) is 2. The van der Waals surface area contributed by atoms with Gasteiger partial charge in [-0.05, 0) is 44.2 Å². The second-order valence-electron chi connectivity index (χ2n) is 8.04. The molecule has 4 heteroatoms. The Morgan fingerprint density at radius 1 is 1.04 bits per heavy atom. The lowest BCUT2D eigenvalue weighted by atomic mass is 10.1. The maximum Gasteiger partial charge on any atom is 0.231 e. The molecule has 0 radical (unpaired) electrons. The topological polar surface area (TPSA) is 49.4 Å². The van der Waals surface area contributed by atoms with E-state index in [1.165, 1.54) is 31.2 Å². The highest BCUT2D eigenvalue weighted by Gasteiger charge is 2.51. The van der Waals surface area contributed by atoms with E-state index in [9.17, 15) is 9.59 Å². The molecule has 4 nitrogen and oxygen atoms in total. The molecule has 3 atom stereocenters. The van der Waals surface area contributed by atoms with E-state index in [2.05, 4.69) is 18.3 Å². The Bertz CT molecular complexity index is 664. The molecule has 25 heavy (non-hydrogen) atoms. The lowest BCUT2D eigenvalue weighted by Gasteiger charge is -2.23. The van der Waals surface area contributed by atoms with E-state index >= 15 is 0 Å². The molecule has 3 unspecified atom stereocenters. The molecule has 2 fully saturated rings. The summed E-state index contributed by atoms with van der Waals surface area (Å²) in [6.45, 7) is 2.10. The van der Waals surface area contributed by atoms with Crippen molar-refractivity contribution in [2.45, 2.75) is 70.4 Å². The molecule has 4 rings (SSSR count). The molecule has 1 aromatic carbocycles. The molecular weight excluding hydrogens is 312 g/mol. The lowest BCUT2D eigenvalue weighted by Crippen LogP contribution is -2.39. The van der Waals surface area contributed by atoms with Gasteiger partial charge in [-0.25, -0.2) is 0 Å². The van der Waals surface area contributed by atoms with Crippen LogP contribution >= 0.6 is 0 Å².